The number of para-hydroxylation sites is 1. The van der Waals surface area contributed by atoms with Crippen molar-refractivity contribution in [3.63, 3.8) is 0 Å². The van der Waals surface area contributed by atoms with Crippen molar-refractivity contribution in [2.75, 3.05) is 38.2 Å². The summed E-state index contributed by atoms with van der Waals surface area (Å²) in [4.78, 5) is 20.3. The molecule has 0 aliphatic carbocycles. The molecule has 156 valence electrons. The zero-order valence-electron chi connectivity index (χ0n) is 17.3. The van der Waals surface area contributed by atoms with Gasteiger partial charge in [-0.15, -0.1) is 10.2 Å². The van der Waals surface area contributed by atoms with Crippen molar-refractivity contribution in [3.05, 3.63) is 72.4 Å². The molecule has 3 heterocycles. The number of H-pyrrole nitrogens is 1. The van der Waals surface area contributed by atoms with Crippen molar-refractivity contribution in [2.45, 2.75) is 0 Å². The van der Waals surface area contributed by atoms with E-state index in [0.717, 1.165) is 52.4 Å². The highest BCUT2D eigenvalue weighted by Crippen LogP contribution is 2.23. The summed E-state index contributed by atoms with van der Waals surface area (Å²) < 4.78 is 5.20. The van der Waals surface area contributed by atoms with Crippen molar-refractivity contribution >= 4 is 22.6 Å². The fraction of sp³-hybridized carbons (Fsp3) is 0.208. The summed E-state index contributed by atoms with van der Waals surface area (Å²) in [6.07, 6.45) is 1.81. The van der Waals surface area contributed by atoms with Crippen LogP contribution in [0.1, 0.15) is 10.4 Å². The Morgan fingerprint density at radius 3 is 2.42 bits per heavy atom. The monoisotopic (exact) mass is 413 g/mol. The largest absolute Gasteiger partial charge is 0.497 e. The molecule has 0 spiro atoms. The van der Waals surface area contributed by atoms with Crippen LogP contribution in [0, 0.1) is 0 Å². The van der Waals surface area contributed by atoms with Crippen molar-refractivity contribution < 1.29 is 9.53 Å². The van der Waals surface area contributed by atoms with Gasteiger partial charge in [0.2, 0.25) is 0 Å². The maximum absolute atomic E-state index is 13.0. The van der Waals surface area contributed by atoms with Gasteiger partial charge in [0.05, 0.1) is 18.4 Å². The fourth-order valence-electron chi connectivity index (χ4n) is 3.97. The third kappa shape index (κ3) is 3.70. The summed E-state index contributed by atoms with van der Waals surface area (Å²) in [6, 6.07) is 19.6. The second-order valence-electron chi connectivity index (χ2n) is 7.53. The minimum absolute atomic E-state index is 0.0676. The van der Waals surface area contributed by atoms with E-state index in [1.165, 1.54) is 0 Å². The van der Waals surface area contributed by atoms with E-state index in [4.69, 9.17) is 4.74 Å². The minimum atomic E-state index is 0.0676. The Kier molecular flexibility index (Phi) is 5.00. The minimum Gasteiger partial charge on any atom is -0.497 e. The van der Waals surface area contributed by atoms with Crippen molar-refractivity contribution in [2.24, 2.45) is 0 Å². The van der Waals surface area contributed by atoms with Gasteiger partial charge in [-0.25, -0.2) is 0 Å². The van der Waals surface area contributed by atoms with Crippen LogP contribution in [0.3, 0.4) is 0 Å². The highest BCUT2D eigenvalue weighted by molar-refractivity contribution is 6.06. The first kappa shape index (κ1) is 19.1. The van der Waals surface area contributed by atoms with Gasteiger partial charge in [0.1, 0.15) is 5.75 Å². The van der Waals surface area contributed by atoms with Gasteiger partial charge in [-0.2, -0.15) is 0 Å². The van der Waals surface area contributed by atoms with Crippen LogP contribution < -0.4 is 9.64 Å². The number of fused-ring (bicyclic) bond motifs is 1. The first-order chi connectivity index (χ1) is 15.2. The molecule has 1 N–H and O–H groups in total. The first-order valence-corrected chi connectivity index (χ1v) is 10.3. The molecule has 5 rings (SSSR count). The molecule has 2 aromatic carbocycles. The zero-order valence-corrected chi connectivity index (χ0v) is 17.3. The summed E-state index contributed by atoms with van der Waals surface area (Å²) in [7, 11) is 1.65. The number of aromatic amines is 1. The Bertz CT molecular complexity index is 1190. The van der Waals surface area contributed by atoms with Gasteiger partial charge in [-0.1, -0.05) is 18.2 Å². The van der Waals surface area contributed by atoms with E-state index < -0.39 is 0 Å². The molecule has 0 radical (unpaired) electrons. The number of rotatable bonds is 4. The fourth-order valence-corrected chi connectivity index (χ4v) is 3.97. The molecule has 0 saturated carbocycles. The summed E-state index contributed by atoms with van der Waals surface area (Å²) in [6.45, 7) is 2.76. The van der Waals surface area contributed by atoms with Gasteiger partial charge in [0, 0.05) is 48.8 Å². The molecule has 2 aromatic heterocycles. The molecule has 1 aliphatic rings. The first-order valence-electron chi connectivity index (χ1n) is 10.3. The molecule has 4 aromatic rings. The van der Waals surface area contributed by atoms with E-state index in [0.29, 0.717) is 13.1 Å². The van der Waals surface area contributed by atoms with Gasteiger partial charge < -0.3 is 19.5 Å². The van der Waals surface area contributed by atoms with Crippen molar-refractivity contribution in [1.82, 2.24) is 20.1 Å². The number of nitrogens with zero attached hydrogens (tertiary/aromatic N) is 4. The summed E-state index contributed by atoms with van der Waals surface area (Å²) in [5.74, 6) is 1.71. The van der Waals surface area contributed by atoms with Crippen molar-refractivity contribution in [1.29, 1.82) is 0 Å². The molecule has 1 aliphatic heterocycles. The lowest BCUT2D eigenvalue weighted by molar-refractivity contribution is 0.0748. The van der Waals surface area contributed by atoms with E-state index in [-0.39, 0.29) is 5.91 Å². The van der Waals surface area contributed by atoms with Gasteiger partial charge >= 0.3 is 0 Å². The molecule has 0 unspecified atom stereocenters. The number of amides is 1. The van der Waals surface area contributed by atoms with Gasteiger partial charge in [-0.05, 0) is 42.5 Å². The van der Waals surface area contributed by atoms with Crippen LogP contribution in [0.25, 0.3) is 22.2 Å². The molecular weight excluding hydrogens is 390 g/mol. The van der Waals surface area contributed by atoms with E-state index in [1.54, 1.807) is 7.11 Å². The Morgan fingerprint density at radius 2 is 1.71 bits per heavy atom. The highest BCUT2D eigenvalue weighted by atomic mass is 16.5. The van der Waals surface area contributed by atoms with Gasteiger partial charge in [-0.3, -0.25) is 4.79 Å². The van der Waals surface area contributed by atoms with Crippen LogP contribution in [0.5, 0.6) is 5.75 Å². The van der Waals surface area contributed by atoms with Crippen molar-refractivity contribution in [3.8, 4) is 17.0 Å². The Morgan fingerprint density at radius 1 is 0.935 bits per heavy atom. The van der Waals surface area contributed by atoms with E-state index in [1.807, 2.05) is 71.8 Å². The number of piperazine rings is 1. The normalized spacial score (nSPS) is 14.1. The zero-order chi connectivity index (χ0) is 21.2. The van der Waals surface area contributed by atoms with Gasteiger partial charge in [0.25, 0.3) is 5.91 Å². The Labute approximate surface area is 180 Å². The number of benzene rings is 2. The molecule has 1 fully saturated rings. The molecular formula is C24H23N5O2. The number of anilines is 1. The number of nitrogens with one attached hydrogen (secondary N) is 1. The number of methoxy groups -OCH3 is 1. The molecule has 7 heteroatoms. The third-order valence-corrected chi connectivity index (χ3v) is 5.75. The van der Waals surface area contributed by atoms with E-state index >= 15 is 0 Å². The highest BCUT2D eigenvalue weighted by Gasteiger charge is 2.24. The van der Waals surface area contributed by atoms with E-state index in [2.05, 4.69) is 20.1 Å². The molecule has 0 bridgehead atoms. The second kappa shape index (κ2) is 8.10. The lowest BCUT2D eigenvalue weighted by Crippen LogP contribution is -2.49. The molecule has 31 heavy (non-hydrogen) atoms. The van der Waals surface area contributed by atoms with Gasteiger partial charge in [0.15, 0.2) is 5.82 Å². The lowest BCUT2D eigenvalue weighted by Gasteiger charge is -2.35. The predicted octanol–water partition coefficient (Wildman–Crippen LogP) is 3.60. The van der Waals surface area contributed by atoms with E-state index in [9.17, 15) is 4.79 Å². The maximum Gasteiger partial charge on any atom is 0.256 e. The summed E-state index contributed by atoms with van der Waals surface area (Å²) in [5.41, 5.74) is 3.53. The van der Waals surface area contributed by atoms with Crippen LogP contribution >= 0.6 is 0 Å². The second-order valence-corrected chi connectivity index (χ2v) is 7.53. The lowest BCUT2D eigenvalue weighted by atomic mass is 10.1. The molecule has 1 amide bonds. The molecule has 7 nitrogen and oxygen atoms in total. The number of hydrogen-bond donors (Lipinski definition) is 1. The Hall–Kier alpha value is -3.87. The summed E-state index contributed by atoms with van der Waals surface area (Å²) >= 11 is 0. The maximum atomic E-state index is 13.0. The number of aromatic nitrogens is 3. The molecule has 1 saturated heterocycles. The average molecular weight is 413 g/mol. The number of carbonyl (C=O) groups is 1. The number of ether oxygens (including phenoxy) is 1. The van der Waals surface area contributed by atoms with Crippen LogP contribution in [0.4, 0.5) is 5.82 Å². The van der Waals surface area contributed by atoms with Crippen LogP contribution in [-0.2, 0) is 0 Å². The average Bonchev–Trinajstić information content (AvgIpc) is 3.28. The number of hydrogen-bond acceptors (Lipinski definition) is 5. The van der Waals surface area contributed by atoms with Crippen LogP contribution in [0.15, 0.2) is 66.9 Å². The topological polar surface area (TPSA) is 74.3 Å². The quantitative estimate of drug-likeness (QED) is 0.553. The van der Waals surface area contributed by atoms with Crippen LogP contribution in [-0.4, -0.2) is 59.3 Å². The smallest absolute Gasteiger partial charge is 0.256 e. The Balaban J connectivity index is 1.24. The SMILES string of the molecule is COc1ccc(-c2ccc(N3CCN(C(=O)c4c[nH]c5ccccc45)CC3)nn2)cc1. The third-order valence-electron chi connectivity index (χ3n) is 5.75. The summed E-state index contributed by atoms with van der Waals surface area (Å²) in [5, 5.41) is 9.78. The standard InChI is InChI=1S/C24H23N5O2/c1-31-18-8-6-17(7-9-18)21-10-11-23(27-26-21)28-12-14-29(15-13-28)24(30)20-16-25-22-5-3-2-4-19(20)22/h2-11,16,25H,12-15H2,1H3. The number of carbonyl (C=O) groups excluding carboxylic acids is 1. The molecule has 0 atom stereocenters. The predicted molar refractivity (Wildman–Crippen MR) is 120 cm³/mol. The van der Waals surface area contributed by atoms with Crippen LogP contribution in [0.2, 0.25) is 0 Å².